The van der Waals surface area contributed by atoms with Gasteiger partial charge in [0.2, 0.25) is 5.90 Å². The van der Waals surface area contributed by atoms with E-state index in [1.165, 1.54) is 0 Å². The van der Waals surface area contributed by atoms with Gasteiger partial charge in [-0.1, -0.05) is 36.9 Å². The van der Waals surface area contributed by atoms with E-state index in [0.29, 0.717) is 12.5 Å². The summed E-state index contributed by atoms with van der Waals surface area (Å²) in [4.78, 5) is 4.21. The van der Waals surface area contributed by atoms with Crippen LogP contribution in [-0.4, -0.2) is 19.0 Å². The molecule has 0 atom stereocenters. The molecule has 0 spiro atoms. The third-order valence-electron chi connectivity index (χ3n) is 1.97. The van der Waals surface area contributed by atoms with Crippen LogP contribution in [0, 0.1) is 0 Å². The summed E-state index contributed by atoms with van der Waals surface area (Å²) in [5, 5.41) is 0. The van der Waals surface area contributed by atoms with Crippen LogP contribution in [0.5, 0.6) is 0 Å². The van der Waals surface area contributed by atoms with Crippen LogP contribution in [0.1, 0.15) is 5.56 Å². The molecular formula is C11H11NO. The Balaban J connectivity index is 2.23. The Hall–Kier alpha value is -1.57. The van der Waals surface area contributed by atoms with Crippen LogP contribution in [0.15, 0.2) is 41.9 Å². The maximum absolute atomic E-state index is 5.32. The van der Waals surface area contributed by atoms with Gasteiger partial charge in [-0.15, -0.1) is 0 Å². The summed E-state index contributed by atoms with van der Waals surface area (Å²) in [6.45, 7) is 5.38. The highest BCUT2D eigenvalue weighted by atomic mass is 16.5. The first kappa shape index (κ1) is 8.05. The molecule has 0 N–H and O–H groups in total. The summed E-state index contributed by atoms with van der Waals surface area (Å²) in [5.41, 5.74) is 1.95. The predicted octanol–water partition coefficient (Wildman–Crippen LogP) is 2.13. The molecule has 0 radical (unpaired) electrons. The molecule has 2 rings (SSSR count). The van der Waals surface area contributed by atoms with Crippen molar-refractivity contribution in [3.63, 3.8) is 0 Å². The summed E-state index contributed by atoms with van der Waals surface area (Å²) in [6, 6.07) is 9.96. The maximum Gasteiger partial charge on any atom is 0.216 e. The summed E-state index contributed by atoms with van der Waals surface area (Å²) in [6.07, 6.45) is 0. The molecule has 1 aliphatic heterocycles. The van der Waals surface area contributed by atoms with E-state index < -0.39 is 0 Å². The van der Waals surface area contributed by atoms with E-state index in [1.807, 2.05) is 30.3 Å². The molecule has 0 aromatic heterocycles. The number of benzene rings is 1. The van der Waals surface area contributed by atoms with Crippen molar-refractivity contribution in [1.82, 2.24) is 0 Å². The Morgan fingerprint density at radius 2 is 2.08 bits per heavy atom. The maximum atomic E-state index is 5.32. The molecule has 0 bridgehead atoms. The van der Waals surface area contributed by atoms with Gasteiger partial charge >= 0.3 is 0 Å². The van der Waals surface area contributed by atoms with Crippen molar-refractivity contribution in [2.45, 2.75) is 0 Å². The minimum atomic E-state index is 0.682. The largest absolute Gasteiger partial charge is 0.476 e. The lowest BCUT2D eigenvalue weighted by atomic mass is 10.1. The van der Waals surface area contributed by atoms with E-state index in [-0.39, 0.29) is 0 Å². The molecule has 0 fully saturated rings. The Kier molecular flexibility index (Phi) is 2.13. The standard InChI is InChI=1S/C11H11NO/c1-9(11-12-7-8-13-11)10-5-3-2-4-6-10/h2-6H,1,7-8H2. The average Bonchev–Trinajstić information content (AvgIpc) is 2.71. The van der Waals surface area contributed by atoms with Crippen LogP contribution >= 0.6 is 0 Å². The first-order chi connectivity index (χ1) is 6.38. The van der Waals surface area contributed by atoms with Crippen LogP contribution in [0.4, 0.5) is 0 Å². The van der Waals surface area contributed by atoms with Gasteiger partial charge in [-0.3, -0.25) is 0 Å². The number of aliphatic imine (C=N–C) groups is 1. The summed E-state index contributed by atoms with van der Waals surface area (Å²) < 4.78 is 5.32. The number of nitrogens with zero attached hydrogens (tertiary/aromatic N) is 1. The fourth-order valence-corrected chi connectivity index (χ4v) is 1.28. The number of hydrogen-bond donors (Lipinski definition) is 0. The number of rotatable bonds is 2. The molecule has 66 valence electrons. The van der Waals surface area contributed by atoms with Crippen LogP contribution in [0.25, 0.3) is 5.57 Å². The fraction of sp³-hybridized carbons (Fsp3) is 0.182. The molecule has 1 heterocycles. The van der Waals surface area contributed by atoms with Gasteiger partial charge in [-0.25, -0.2) is 4.99 Å². The Morgan fingerprint density at radius 1 is 1.31 bits per heavy atom. The highest BCUT2D eigenvalue weighted by Gasteiger charge is 2.12. The van der Waals surface area contributed by atoms with Gasteiger partial charge in [0.15, 0.2) is 0 Å². The van der Waals surface area contributed by atoms with E-state index in [0.717, 1.165) is 17.7 Å². The highest BCUT2D eigenvalue weighted by molar-refractivity contribution is 6.19. The summed E-state index contributed by atoms with van der Waals surface area (Å²) in [5.74, 6) is 0.686. The molecule has 1 aliphatic rings. The predicted molar refractivity (Wildman–Crippen MR) is 53.7 cm³/mol. The summed E-state index contributed by atoms with van der Waals surface area (Å²) >= 11 is 0. The van der Waals surface area contributed by atoms with Crippen LogP contribution in [0.2, 0.25) is 0 Å². The monoisotopic (exact) mass is 173 g/mol. The molecular weight excluding hydrogens is 162 g/mol. The third kappa shape index (κ3) is 1.61. The van der Waals surface area contributed by atoms with E-state index in [1.54, 1.807) is 0 Å². The molecule has 13 heavy (non-hydrogen) atoms. The molecule has 1 aromatic carbocycles. The Labute approximate surface area is 77.6 Å². The zero-order valence-electron chi connectivity index (χ0n) is 7.36. The lowest BCUT2D eigenvalue weighted by molar-refractivity contribution is 0.351. The second kappa shape index (κ2) is 3.44. The van der Waals surface area contributed by atoms with Gasteiger partial charge in [0.25, 0.3) is 0 Å². The lowest BCUT2D eigenvalue weighted by Gasteiger charge is -2.04. The molecule has 0 aliphatic carbocycles. The highest BCUT2D eigenvalue weighted by Crippen LogP contribution is 2.16. The SMILES string of the molecule is C=C(C1=NCCO1)c1ccccc1. The van der Waals surface area contributed by atoms with Gasteiger partial charge in [0.1, 0.15) is 6.61 Å². The average molecular weight is 173 g/mol. The minimum Gasteiger partial charge on any atom is -0.476 e. The van der Waals surface area contributed by atoms with Crippen molar-refractivity contribution in [1.29, 1.82) is 0 Å². The molecule has 0 amide bonds. The quantitative estimate of drug-likeness (QED) is 0.671. The minimum absolute atomic E-state index is 0.682. The zero-order chi connectivity index (χ0) is 9.10. The van der Waals surface area contributed by atoms with Crippen molar-refractivity contribution in [3.05, 3.63) is 42.5 Å². The smallest absolute Gasteiger partial charge is 0.216 e. The van der Waals surface area contributed by atoms with E-state index in [9.17, 15) is 0 Å². The van der Waals surface area contributed by atoms with Gasteiger partial charge in [0.05, 0.1) is 6.54 Å². The van der Waals surface area contributed by atoms with Crippen LogP contribution < -0.4 is 0 Å². The first-order valence-corrected chi connectivity index (χ1v) is 4.30. The molecule has 0 unspecified atom stereocenters. The second-order valence-electron chi connectivity index (χ2n) is 2.88. The molecule has 2 nitrogen and oxygen atoms in total. The van der Waals surface area contributed by atoms with Gasteiger partial charge < -0.3 is 4.74 Å². The van der Waals surface area contributed by atoms with Crippen molar-refractivity contribution in [3.8, 4) is 0 Å². The second-order valence-corrected chi connectivity index (χ2v) is 2.88. The van der Waals surface area contributed by atoms with Gasteiger partial charge in [-0.05, 0) is 5.56 Å². The van der Waals surface area contributed by atoms with Crippen molar-refractivity contribution >= 4 is 11.5 Å². The third-order valence-corrected chi connectivity index (χ3v) is 1.97. The van der Waals surface area contributed by atoms with E-state index in [4.69, 9.17) is 4.74 Å². The molecule has 1 aromatic rings. The van der Waals surface area contributed by atoms with Gasteiger partial charge in [0, 0.05) is 5.57 Å². The normalized spacial score (nSPS) is 14.9. The van der Waals surface area contributed by atoms with Crippen molar-refractivity contribution in [2.75, 3.05) is 13.2 Å². The molecule has 2 heteroatoms. The van der Waals surface area contributed by atoms with E-state index in [2.05, 4.69) is 11.6 Å². The topological polar surface area (TPSA) is 21.6 Å². The Bertz CT molecular complexity index is 340. The molecule has 0 saturated heterocycles. The van der Waals surface area contributed by atoms with Crippen LogP contribution in [-0.2, 0) is 4.74 Å². The fourth-order valence-electron chi connectivity index (χ4n) is 1.28. The molecule has 0 saturated carbocycles. The number of hydrogen-bond acceptors (Lipinski definition) is 2. The first-order valence-electron chi connectivity index (χ1n) is 4.30. The van der Waals surface area contributed by atoms with E-state index >= 15 is 0 Å². The zero-order valence-corrected chi connectivity index (χ0v) is 7.36. The van der Waals surface area contributed by atoms with Crippen LogP contribution in [0.3, 0.4) is 0 Å². The van der Waals surface area contributed by atoms with Gasteiger partial charge in [-0.2, -0.15) is 0 Å². The number of ether oxygens (including phenoxy) is 1. The lowest BCUT2D eigenvalue weighted by Crippen LogP contribution is -2.00. The summed E-state index contributed by atoms with van der Waals surface area (Å²) in [7, 11) is 0. The Morgan fingerprint density at radius 3 is 2.69 bits per heavy atom. The van der Waals surface area contributed by atoms with Crippen molar-refractivity contribution < 1.29 is 4.74 Å². The van der Waals surface area contributed by atoms with Crippen molar-refractivity contribution in [2.24, 2.45) is 4.99 Å².